The second-order valence-electron chi connectivity index (χ2n) is 9.37. The van der Waals surface area contributed by atoms with E-state index in [1.807, 2.05) is 48.5 Å². The molecule has 5 N–H and O–H groups in total. The van der Waals surface area contributed by atoms with E-state index in [1.54, 1.807) is 26.0 Å². The van der Waals surface area contributed by atoms with Crippen molar-refractivity contribution >= 4 is 72.4 Å². The van der Waals surface area contributed by atoms with Crippen LogP contribution in [0.1, 0.15) is 33.2 Å². The third-order valence-electron chi connectivity index (χ3n) is 6.05. The zero-order chi connectivity index (χ0) is 28.8. The highest BCUT2D eigenvalue weighted by Crippen LogP contribution is 2.26. The summed E-state index contributed by atoms with van der Waals surface area (Å²) in [6.07, 6.45) is 0. The zero-order valence-corrected chi connectivity index (χ0v) is 23.4. The van der Waals surface area contributed by atoms with E-state index in [9.17, 15) is 24.0 Å². The lowest BCUT2D eigenvalue weighted by Gasteiger charge is -2.25. The quantitative estimate of drug-likeness (QED) is 0.184. The molecule has 4 amide bonds. The van der Waals surface area contributed by atoms with Gasteiger partial charge in [-0.2, -0.15) is 0 Å². The number of thiophene rings is 2. The van der Waals surface area contributed by atoms with Crippen molar-refractivity contribution in [1.29, 1.82) is 0 Å². The van der Waals surface area contributed by atoms with Crippen molar-refractivity contribution in [3.63, 3.8) is 0 Å². The summed E-state index contributed by atoms with van der Waals surface area (Å²) >= 11 is 2.58. The Morgan fingerprint density at radius 1 is 0.750 bits per heavy atom. The molecular formula is C28H28N4O6S2. The van der Waals surface area contributed by atoms with E-state index < -0.39 is 48.2 Å². The van der Waals surface area contributed by atoms with Gasteiger partial charge in [-0.05, 0) is 41.0 Å². The monoisotopic (exact) mass is 580 g/mol. The Labute approximate surface area is 237 Å². The number of hydrogen-bond acceptors (Lipinski definition) is 7. The maximum Gasteiger partial charge on any atom is 0.322 e. The predicted octanol–water partition coefficient (Wildman–Crippen LogP) is 2.99. The van der Waals surface area contributed by atoms with E-state index >= 15 is 0 Å². The van der Waals surface area contributed by atoms with Gasteiger partial charge in [0.25, 0.3) is 11.8 Å². The van der Waals surface area contributed by atoms with Crippen LogP contribution in [0.25, 0.3) is 20.2 Å². The molecule has 0 bridgehead atoms. The summed E-state index contributed by atoms with van der Waals surface area (Å²) in [4.78, 5) is 63.7. The summed E-state index contributed by atoms with van der Waals surface area (Å²) in [6.45, 7) is 2.54. The molecule has 2 heterocycles. The van der Waals surface area contributed by atoms with Crippen molar-refractivity contribution in [3.05, 3.63) is 70.4 Å². The van der Waals surface area contributed by atoms with Gasteiger partial charge in [-0.1, -0.05) is 50.2 Å². The van der Waals surface area contributed by atoms with Gasteiger partial charge in [0.1, 0.15) is 18.6 Å². The fraction of sp³-hybridized carbons (Fsp3) is 0.250. The van der Waals surface area contributed by atoms with Gasteiger partial charge >= 0.3 is 5.97 Å². The minimum Gasteiger partial charge on any atom is -0.480 e. The standard InChI is InChI=1S/C28H28N4O6S2/c1-15(2)24(32-27(37)22-12-17-8-4-6-10-20(17)40-22)28(38)31-18(25(35)30-14-23(33)34)13-29-26(36)21-11-16-7-3-5-9-19(16)39-21/h3-12,15,18,24H,13-14H2,1-2H3,(H,29,36)(H,30,35)(H,31,38)(H,32,37)(H,33,34)/t18-,24+/m0/s1. The zero-order valence-electron chi connectivity index (χ0n) is 21.7. The molecule has 0 radical (unpaired) electrons. The van der Waals surface area contributed by atoms with Crippen LogP contribution in [0.3, 0.4) is 0 Å². The van der Waals surface area contributed by atoms with E-state index in [1.165, 1.54) is 22.7 Å². The van der Waals surface area contributed by atoms with Crippen molar-refractivity contribution in [3.8, 4) is 0 Å². The first-order valence-electron chi connectivity index (χ1n) is 12.5. The van der Waals surface area contributed by atoms with Crippen LogP contribution >= 0.6 is 22.7 Å². The smallest absolute Gasteiger partial charge is 0.322 e. The van der Waals surface area contributed by atoms with Crippen molar-refractivity contribution < 1.29 is 29.1 Å². The van der Waals surface area contributed by atoms with Gasteiger partial charge in [0.15, 0.2) is 0 Å². The molecule has 4 aromatic rings. The molecule has 0 aliphatic heterocycles. The maximum absolute atomic E-state index is 13.3. The predicted molar refractivity (Wildman–Crippen MR) is 155 cm³/mol. The Kier molecular flexibility index (Phi) is 9.12. The van der Waals surface area contributed by atoms with Gasteiger partial charge in [-0.25, -0.2) is 0 Å². The Morgan fingerprint density at radius 2 is 1.30 bits per heavy atom. The van der Waals surface area contributed by atoms with Gasteiger partial charge < -0.3 is 26.4 Å². The molecule has 2 aromatic heterocycles. The fourth-order valence-corrected chi connectivity index (χ4v) is 5.92. The summed E-state index contributed by atoms with van der Waals surface area (Å²) in [5, 5.41) is 21.0. The van der Waals surface area contributed by atoms with Crippen molar-refractivity contribution in [2.75, 3.05) is 13.1 Å². The number of carbonyl (C=O) groups is 5. The number of benzene rings is 2. The van der Waals surface area contributed by atoms with Gasteiger partial charge in [0.2, 0.25) is 11.8 Å². The molecule has 2 atom stereocenters. The highest BCUT2D eigenvalue weighted by molar-refractivity contribution is 7.21. The van der Waals surface area contributed by atoms with Crippen LogP contribution in [0.4, 0.5) is 0 Å². The Balaban J connectivity index is 1.46. The number of aliphatic carboxylic acids is 1. The van der Waals surface area contributed by atoms with Gasteiger partial charge in [0, 0.05) is 15.9 Å². The summed E-state index contributed by atoms with van der Waals surface area (Å²) in [5.41, 5.74) is 0. The molecule has 12 heteroatoms. The molecule has 10 nitrogen and oxygen atoms in total. The molecule has 0 aliphatic carbocycles. The highest BCUT2D eigenvalue weighted by Gasteiger charge is 2.30. The highest BCUT2D eigenvalue weighted by atomic mass is 32.1. The SMILES string of the molecule is CC(C)[C@@H](NC(=O)c1cc2ccccc2s1)C(=O)N[C@@H](CNC(=O)c1cc2ccccc2s1)C(=O)NCC(=O)O. The van der Waals surface area contributed by atoms with Crippen LogP contribution < -0.4 is 21.3 Å². The molecule has 40 heavy (non-hydrogen) atoms. The summed E-state index contributed by atoms with van der Waals surface area (Å²) in [7, 11) is 0. The van der Waals surface area contributed by atoms with E-state index in [-0.39, 0.29) is 12.5 Å². The molecular weight excluding hydrogens is 552 g/mol. The number of carboxylic acids is 1. The number of rotatable bonds is 11. The summed E-state index contributed by atoms with van der Waals surface area (Å²) in [5.74, 6) is -3.90. The van der Waals surface area contributed by atoms with Crippen LogP contribution in [0.5, 0.6) is 0 Å². The maximum atomic E-state index is 13.3. The van der Waals surface area contributed by atoms with Crippen LogP contribution in [0, 0.1) is 5.92 Å². The molecule has 0 saturated carbocycles. The Bertz CT molecular complexity index is 1510. The van der Waals surface area contributed by atoms with Gasteiger partial charge in [0.05, 0.1) is 9.75 Å². The summed E-state index contributed by atoms with van der Waals surface area (Å²) < 4.78 is 1.86. The van der Waals surface area contributed by atoms with Crippen molar-refractivity contribution in [2.45, 2.75) is 25.9 Å². The van der Waals surface area contributed by atoms with E-state index in [4.69, 9.17) is 5.11 Å². The number of hydrogen-bond donors (Lipinski definition) is 5. The van der Waals surface area contributed by atoms with Crippen LogP contribution in [-0.4, -0.2) is 59.9 Å². The Morgan fingerprint density at radius 3 is 1.82 bits per heavy atom. The third-order valence-corrected chi connectivity index (χ3v) is 8.28. The largest absolute Gasteiger partial charge is 0.480 e. The lowest BCUT2D eigenvalue weighted by atomic mass is 10.0. The Hall–Kier alpha value is -4.29. The van der Waals surface area contributed by atoms with E-state index in [0.717, 1.165) is 20.2 Å². The topological polar surface area (TPSA) is 154 Å². The van der Waals surface area contributed by atoms with Crippen LogP contribution in [-0.2, 0) is 14.4 Å². The third kappa shape index (κ3) is 7.01. The number of fused-ring (bicyclic) bond motifs is 2. The molecule has 2 aromatic carbocycles. The second kappa shape index (κ2) is 12.7. The van der Waals surface area contributed by atoms with Gasteiger partial charge in [-0.3, -0.25) is 24.0 Å². The average molecular weight is 581 g/mol. The van der Waals surface area contributed by atoms with E-state index in [0.29, 0.717) is 9.75 Å². The van der Waals surface area contributed by atoms with Crippen LogP contribution in [0.2, 0.25) is 0 Å². The number of amides is 4. The first-order valence-corrected chi connectivity index (χ1v) is 14.1. The molecule has 0 fully saturated rings. The minimum absolute atomic E-state index is 0.292. The van der Waals surface area contributed by atoms with Gasteiger partial charge in [-0.15, -0.1) is 22.7 Å². The molecule has 0 spiro atoms. The number of nitrogens with one attached hydrogen (secondary N) is 4. The molecule has 4 rings (SSSR count). The summed E-state index contributed by atoms with van der Waals surface area (Å²) in [6, 6.07) is 16.2. The minimum atomic E-state index is -1.28. The lowest BCUT2D eigenvalue weighted by Crippen LogP contribution is -2.58. The average Bonchev–Trinajstić information content (AvgIpc) is 3.56. The van der Waals surface area contributed by atoms with Crippen molar-refractivity contribution in [1.82, 2.24) is 21.3 Å². The molecule has 0 aliphatic rings. The number of carboxylic acid groups (broad SMARTS) is 1. The lowest BCUT2D eigenvalue weighted by molar-refractivity contribution is -0.138. The second-order valence-corrected chi connectivity index (χ2v) is 11.5. The molecule has 0 saturated heterocycles. The first-order chi connectivity index (χ1) is 19.1. The fourth-order valence-electron chi connectivity index (χ4n) is 3.97. The number of carbonyl (C=O) groups excluding carboxylic acids is 4. The molecule has 0 unspecified atom stereocenters. The first kappa shape index (κ1) is 28.7. The van der Waals surface area contributed by atoms with Crippen molar-refractivity contribution in [2.24, 2.45) is 5.92 Å². The van der Waals surface area contributed by atoms with E-state index in [2.05, 4.69) is 21.3 Å². The normalized spacial score (nSPS) is 12.6. The molecule has 208 valence electrons. The van der Waals surface area contributed by atoms with Crippen LogP contribution in [0.15, 0.2) is 60.7 Å².